The molecule has 0 fully saturated rings. The summed E-state index contributed by atoms with van der Waals surface area (Å²) in [5.41, 5.74) is 1.00. The zero-order valence-electron chi connectivity index (χ0n) is 20.5. The third-order valence-corrected chi connectivity index (χ3v) is 5.79. The quantitative estimate of drug-likeness (QED) is 0.363. The third-order valence-electron chi connectivity index (χ3n) is 5.79. The maximum Gasteiger partial charge on any atom is 0.207 e. The lowest BCUT2D eigenvalue weighted by molar-refractivity contribution is -0.983. The summed E-state index contributed by atoms with van der Waals surface area (Å²) >= 11 is 0. The maximum atomic E-state index is 6.89. The summed E-state index contributed by atoms with van der Waals surface area (Å²) in [7, 11) is 4.62. The molecule has 2 unspecified atom stereocenters. The highest BCUT2D eigenvalue weighted by Gasteiger charge is 2.48. The molecule has 0 aliphatic heterocycles. The van der Waals surface area contributed by atoms with Crippen molar-refractivity contribution in [2.45, 2.75) is 72.4 Å². The van der Waals surface area contributed by atoms with Gasteiger partial charge < -0.3 is 17.1 Å². The normalized spacial score (nSPS) is 14.7. The average Bonchev–Trinajstić information content (AvgIpc) is 2.66. The smallest absolute Gasteiger partial charge is 0.207 e. The predicted octanol–water partition coefficient (Wildman–Crippen LogP) is 3.89. The van der Waals surface area contributed by atoms with Crippen molar-refractivity contribution in [1.29, 1.82) is 0 Å². The Morgan fingerprint density at radius 3 is 1.87 bits per heavy atom. The van der Waals surface area contributed by atoms with Gasteiger partial charge in [0.1, 0.15) is 12.3 Å². The second kappa shape index (κ2) is 12.5. The lowest BCUT2D eigenvalue weighted by Crippen LogP contribution is -3.00. The second-order valence-electron chi connectivity index (χ2n) is 9.92. The van der Waals surface area contributed by atoms with Crippen molar-refractivity contribution >= 4 is 0 Å². The van der Waals surface area contributed by atoms with E-state index in [-0.39, 0.29) is 24.4 Å². The van der Waals surface area contributed by atoms with E-state index in [1.54, 1.807) is 0 Å². The van der Waals surface area contributed by atoms with Crippen LogP contribution < -0.4 is 17.1 Å². The van der Waals surface area contributed by atoms with E-state index in [1.807, 2.05) is 37.3 Å². The van der Waals surface area contributed by atoms with E-state index in [4.69, 9.17) is 9.47 Å². The first kappa shape index (κ1) is 27.5. The van der Waals surface area contributed by atoms with Crippen LogP contribution in [-0.4, -0.2) is 30.6 Å². The van der Waals surface area contributed by atoms with Crippen LogP contribution in [0, 0.1) is 11.8 Å². The first-order valence-electron chi connectivity index (χ1n) is 11.4. The number of rotatable bonds is 12. The number of quaternary nitrogens is 1. The fourth-order valence-electron chi connectivity index (χ4n) is 4.26. The molecule has 2 rings (SSSR count). The van der Waals surface area contributed by atoms with Crippen molar-refractivity contribution in [2.24, 2.45) is 11.8 Å². The van der Waals surface area contributed by atoms with E-state index in [9.17, 15) is 0 Å². The van der Waals surface area contributed by atoms with Crippen LogP contribution in [0.15, 0.2) is 60.7 Å². The van der Waals surface area contributed by atoms with E-state index in [0.717, 1.165) is 36.0 Å². The second-order valence-corrected chi connectivity index (χ2v) is 9.92. The van der Waals surface area contributed by atoms with E-state index >= 15 is 0 Å². The van der Waals surface area contributed by atoms with Gasteiger partial charge in [0.05, 0.1) is 14.1 Å². The SMILES string of the molecule is CC(C)CCC(CC(C)C)(OC(C)Oc1ccccc1)[N+](C)(C)Cc1ccccc1.[Cl-]. The van der Waals surface area contributed by atoms with Gasteiger partial charge in [-0.3, -0.25) is 9.22 Å². The molecule has 174 valence electrons. The first-order valence-corrected chi connectivity index (χ1v) is 11.4. The maximum absolute atomic E-state index is 6.89. The molecule has 31 heavy (non-hydrogen) atoms. The van der Waals surface area contributed by atoms with Crippen molar-refractivity contribution < 1.29 is 26.4 Å². The number of para-hydroxylation sites is 1. The number of benzene rings is 2. The molecule has 0 saturated carbocycles. The molecule has 0 heterocycles. The molecule has 0 saturated heterocycles. The van der Waals surface area contributed by atoms with Gasteiger partial charge in [-0.05, 0) is 37.3 Å². The summed E-state index contributed by atoms with van der Waals surface area (Å²) in [6.07, 6.45) is 2.79. The van der Waals surface area contributed by atoms with E-state index in [1.165, 1.54) is 5.56 Å². The Morgan fingerprint density at radius 2 is 1.35 bits per heavy atom. The summed E-state index contributed by atoms with van der Waals surface area (Å²) in [5, 5.41) is 0. The number of ether oxygens (including phenoxy) is 2. The Labute approximate surface area is 196 Å². The molecule has 0 aliphatic rings. The van der Waals surface area contributed by atoms with Gasteiger partial charge in [-0.1, -0.05) is 76.2 Å². The Balaban J connectivity index is 0.00000480. The lowest BCUT2D eigenvalue weighted by Gasteiger charge is -2.50. The lowest BCUT2D eigenvalue weighted by atomic mass is 9.89. The minimum absolute atomic E-state index is 0. The molecule has 0 radical (unpaired) electrons. The third kappa shape index (κ3) is 8.48. The molecule has 0 N–H and O–H groups in total. The van der Waals surface area contributed by atoms with Crippen LogP contribution in [0.3, 0.4) is 0 Å². The van der Waals surface area contributed by atoms with Gasteiger partial charge in [0.25, 0.3) is 0 Å². The minimum Gasteiger partial charge on any atom is -1.00 e. The van der Waals surface area contributed by atoms with Gasteiger partial charge in [-0.25, -0.2) is 0 Å². The number of halogens is 1. The number of nitrogens with zero attached hydrogens (tertiary/aromatic N) is 1. The van der Waals surface area contributed by atoms with Gasteiger partial charge >= 0.3 is 0 Å². The monoisotopic (exact) mass is 447 g/mol. The van der Waals surface area contributed by atoms with Crippen LogP contribution in [0.25, 0.3) is 0 Å². The summed E-state index contributed by atoms with van der Waals surface area (Å²) in [4.78, 5) is 0. The van der Waals surface area contributed by atoms with Crippen LogP contribution in [0.2, 0.25) is 0 Å². The van der Waals surface area contributed by atoms with Crippen molar-refractivity contribution in [1.82, 2.24) is 0 Å². The molecule has 2 aromatic rings. The Hall–Kier alpha value is -1.55. The Bertz CT molecular complexity index is 733. The highest BCUT2D eigenvalue weighted by Crippen LogP contribution is 2.38. The van der Waals surface area contributed by atoms with E-state index in [0.29, 0.717) is 11.8 Å². The molecular formula is C27H42ClNO2. The van der Waals surface area contributed by atoms with Gasteiger partial charge in [-0.2, -0.15) is 0 Å². The summed E-state index contributed by atoms with van der Waals surface area (Å²) in [6, 6.07) is 20.7. The Morgan fingerprint density at radius 1 is 0.806 bits per heavy atom. The van der Waals surface area contributed by atoms with E-state index < -0.39 is 0 Å². The van der Waals surface area contributed by atoms with Crippen molar-refractivity contribution in [3.63, 3.8) is 0 Å². The summed E-state index contributed by atoms with van der Waals surface area (Å²) in [5.74, 6) is 2.00. The van der Waals surface area contributed by atoms with Gasteiger partial charge in [0.2, 0.25) is 12.0 Å². The van der Waals surface area contributed by atoms with Crippen LogP contribution in [0.1, 0.15) is 59.4 Å². The first-order chi connectivity index (χ1) is 14.1. The number of hydrogen-bond acceptors (Lipinski definition) is 2. The van der Waals surface area contributed by atoms with Crippen LogP contribution >= 0.6 is 0 Å². The van der Waals surface area contributed by atoms with Gasteiger partial charge in [0, 0.05) is 18.4 Å². The highest BCUT2D eigenvalue weighted by molar-refractivity contribution is 5.21. The summed E-state index contributed by atoms with van der Waals surface area (Å²) in [6.45, 7) is 12.1. The molecule has 2 atom stereocenters. The topological polar surface area (TPSA) is 18.5 Å². The van der Waals surface area contributed by atoms with E-state index in [2.05, 4.69) is 72.1 Å². The van der Waals surface area contributed by atoms with Crippen molar-refractivity contribution in [3.8, 4) is 5.75 Å². The standard InChI is InChI=1S/C27H42NO2.ClH/c1-22(2)18-19-27(20-23(3)4,28(6,7)21-25-14-10-8-11-15-25)30-24(5)29-26-16-12-9-13-17-26;/h8-17,22-24H,18-21H2,1-7H3;1H/q+1;/p-1. The molecule has 0 bridgehead atoms. The Kier molecular flexibility index (Phi) is 11.1. The molecule has 3 nitrogen and oxygen atoms in total. The predicted molar refractivity (Wildman–Crippen MR) is 126 cm³/mol. The summed E-state index contributed by atoms with van der Waals surface area (Å²) < 4.78 is 13.8. The number of hydrogen-bond donors (Lipinski definition) is 0. The zero-order valence-corrected chi connectivity index (χ0v) is 21.2. The fraction of sp³-hybridized carbons (Fsp3) is 0.556. The van der Waals surface area contributed by atoms with Crippen LogP contribution in [0.4, 0.5) is 0 Å². The molecule has 0 amide bonds. The largest absolute Gasteiger partial charge is 1.00 e. The van der Waals surface area contributed by atoms with Crippen LogP contribution in [-0.2, 0) is 11.3 Å². The van der Waals surface area contributed by atoms with Crippen molar-refractivity contribution in [2.75, 3.05) is 14.1 Å². The molecule has 0 aromatic heterocycles. The highest BCUT2D eigenvalue weighted by atomic mass is 35.5. The molecule has 4 heteroatoms. The zero-order chi connectivity index (χ0) is 22.2. The molecule has 0 spiro atoms. The van der Waals surface area contributed by atoms with Gasteiger partial charge in [0.15, 0.2) is 0 Å². The van der Waals surface area contributed by atoms with Gasteiger partial charge in [-0.15, -0.1) is 0 Å². The minimum atomic E-state index is -0.331. The molecule has 0 aliphatic carbocycles. The molecule has 2 aromatic carbocycles. The van der Waals surface area contributed by atoms with Crippen LogP contribution in [0.5, 0.6) is 5.75 Å². The fourth-order valence-corrected chi connectivity index (χ4v) is 4.26. The van der Waals surface area contributed by atoms with Crippen molar-refractivity contribution in [3.05, 3.63) is 66.2 Å². The molecular weight excluding hydrogens is 406 g/mol. The average molecular weight is 448 g/mol.